The van der Waals surface area contributed by atoms with Crippen molar-refractivity contribution in [2.24, 2.45) is 0 Å². The number of hydrogen-bond acceptors (Lipinski definition) is 3. The highest BCUT2D eigenvalue weighted by Gasteiger charge is 2.37. The van der Waals surface area contributed by atoms with Gasteiger partial charge in [-0.1, -0.05) is 24.3 Å². The van der Waals surface area contributed by atoms with Crippen molar-refractivity contribution in [1.29, 1.82) is 0 Å². The van der Waals surface area contributed by atoms with Gasteiger partial charge in [0, 0.05) is 12.1 Å². The maximum atomic E-state index is 12.7. The third kappa shape index (κ3) is 2.69. The smallest absolute Gasteiger partial charge is 0.243 e. The predicted octanol–water partition coefficient (Wildman–Crippen LogP) is 2.29. The Labute approximate surface area is 120 Å². The molecule has 20 heavy (non-hydrogen) atoms. The Hall–Kier alpha value is -1.46. The van der Waals surface area contributed by atoms with Gasteiger partial charge < -0.3 is 0 Å². The Morgan fingerprint density at radius 1 is 1.30 bits per heavy atom. The Bertz CT molecular complexity index is 632. The van der Waals surface area contributed by atoms with Gasteiger partial charge in [-0.05, 0) is 38.8 Å². The molecule has 1 aliphatic heterocycles. The largest absolute Gasteiger partial charge is 0.295 e. The molecule has 0 aromatic heterocycles. The van der Waals surface area contributed by atoms with Crippen LogP contribution in [0.1, 0.15) is 25.3 Å². The van der Waals surface area contributed by atoms with Crippen LogP contribution in [0.25, 0.3) is 0 Å². The molecule has 0 radical (unpaired) electrons. The molecule has 0 amide bonds. The number of carbonyl (C=O) groups is 1. The third-order valence-corrected chi connectivity index (χ3v) is 5.61. The van der Waals surface area contributed by atoms with E-state index in [1.807, 2.05) is 6.92 Å². The van der Waals surface area contributed by atoms with Crippen molar-refractivity contribution < 1.29 is 13.2 Å². The van der Waals surface area contributed by atoms with E-state index in [1.54, 1.807) is 24.3 Å². The summed E-state index contributed by atoms with van der Waals surface area (Å²) in [5.74, 6) is -0.152. The molecule has 0 saturated carbocycles. The van der Waals surface area contributed by atoms with Crippen molar-refractivity contribution in [2.75, 3.05) is 6.54 Å². The fourth-order valence-corrected chi connectivity index (χ4v) is 4.14. The van der Waals surface area contributed by atoms with Crippen LogP contribution in [-0.4, -0.2) is 31.1 Å². The summed E-state index contributed by atoms with van der Waals surface area (Å²) in [6, 6.07) is 6.36. The van der Waals surface area contributed by atoms with Crippen LogP contribution >= 0.6 is 0 Å². The topological polar surface area (TPSA) is 54.5 Å². The average Bonchev–Trinajstić information content (AvgIpc) is 2.88. The molecular formula is C15H19NO3S. The number of Topliss-reactive ketones (excluding diaryl/α,β-unsaturated/α-hetero) is 1. The summed E-state index contributed by atoms with van der Waals surface area (Å²) >= 11 is 0. The van der Waals surface area contributed by atoms with E-state index in [-0.39, 0.29) is 10.7 Å². The number of carbonyl (C=O) groups excluding carboxylic acids is 1. The normalized spacial score (nSPS) is 20.0. The molecule has 1 saturated heterocycles. The fourth-order valence-electron chi connectivity index (χ4n) is 2.46. The Kier molecular flexibility index (Phi) is 4.11. The first-order valence-electron chi connectivity index (χ1n) is 6.62. The molecule has 1 aromatic carbocycles. The van der Waals surface area contributed by atoms with Gasteiger partial charge >= 0.3 is 0 Å². The highest BCUT2D eigenvalue weighted by molar-refractivity contribution is 7.89. The summed E-state index contributed by atoms with van der Waals surface area (Å²) in [7, 11) is -3.56. The van der Waals surface area contributed by atoms with Gasteiger partial charge in [0.15, 0.2) is 5.78 Å². The highest BCUT2D eigenvalue weighted by Crippen LogP contribution is 2.29. The molecule has 1 aliphatic rings. The fraction of sp³-hybridized carbons (Fsp3) is 0.400. The van der Waals surface area contributed by atoms with Crippen molar-refractivity contribution in [2.45, 2.75) is 37.6 Å². The van der Waals surface area contributed by atoms with Crippen LogP contribution in [0.15, 0.2) is 41.3 Å². The minimum Gasteiger partial charge on any atom is -0.295 e. The SMILES string of the molecule is C=C(C(C)=O)[C@@H]1CCCN1S(=O)(=O)c1ccc(C)cc1. The van der Waals surface area contributed by atoms with Crippen molar-refractivity contribution in [3.05, 3.63) is 42.0 Å². The van der Waals surface area contributed by atoms with Crippen molar-refractivity contribution in [3.8, 4) is 0 Å². The summed E-state index contributed by atoms with van der Waals surface area (Å²) in [5.41, 5.74) is 1.38. The minimum atomic E-state index is -3.56. The molecular weight excluding hydrogens is 274 g/mol. The van der Waals surface area contributed by atoms with Gasteiger partial charge in [0.2, 0.25) is 10.0 Å². The molecule has 1 fully saturated rings. The molecule has 0 aliphatic carbocycles. The number of aryl methyl sites for hydroxylation is 1. The number of rotatable bonds is 4. The van der Waals surface area contributed by atoms with E-state index < -0.39 is 16.1 Å². The van der Waals surface area contributed by atoms with Crippen molar-refractivity contribution >= 4 is 15.8 Å². The van der Waals surface area contributed by atoms with Crippen molar-refractivity contribution in [3.63, 3.8) is 0 Å². The minimum absolute atomic E-state index is 0.152. The molecule has 0 spiro atoms. The first-order valence-corrected chi connectivity index (χ1v) is 8.06. The number of sulfonamides is 1. The van der Waals surface area contributed by atoms with Gasteiger partial charge in [-0.2, -0.15) is 4.31 Å². The molecule has 0 N–H and O–H groups in total. The van der Waals surface area contributed by atoms with Crippen LogP contribution in [0.3, 0.4) is 0 Å². The summed E-state index contributed by atoms with van der Waals surface area (Å²) in [4.78, 5) is 11.7. The summed E-state index contributed by atoms with van der Waals surface area (Å²) in [6.45, 7) is 7.53. The Morgan fingerprint density at radius 2 is 1.90 bits per heavy atom. The summed E-state index contributed by atoms with van der Waals surface area (Å²) in [5, 5.41) is 0. The zero-order chi connectivity index (χ0) is 14.9. The Balaban J connectivity index is 2.35. The molecule has 108 valence electrons. The lowest BCUT2D eigenvalue weighted by molar-refractivity contribution is -0.114. The van der Waals surface area contributed by atoms with Crippen LogP contribution in [0.4, 0.5) is 0 Å². The zero-order valence-electron chi connectivity index (χ0n) is 11.8. The summed E-state index contributed by atoms with van der Waals surface area (Å²) < 4.78 is 26.7. The van der Waals surface area contributed by atoms with Crippen LogP contribution in [0.5, 0.6) is 0 Å². The van der Waals surface area contributed by atoms with E-state index in [1.165, 1.54) is 11.2 Å². The molecule has 2 rings (SSSR count). The first kappa shape index (κ1) is 14.9. The van der Waals surface area contributed by atoms with Gasteiger partial charge in [-0.3, -0.25) is 4.79 Å². The van der Waals surface area contributed by atoms with E-state index in [9.17, 15) is 13.2 Å². The number of ketones is 1. The van der Waals surface area contributed by atoms with Gasteiger partial charge in [-0.25, -0.2) is 8.42 Å². The lowest BCUT2D eigenvalue weighted by Crippen LogP contribution is -2.37. The van der Waals surface area contributed by atoms with Crippen molar-refractivity contribution in [1.82, 2.24) is 4.31 Å². The van der Waals surface area contributed by atoms with Crippen LogP contribution in [0, 0.1) is 6.92 Å². The van der Waals surface area contributed by atoms with Gasteiger partial charge in [0.1, 0.15) is 0 Å². The van der Waals surface area contributed by atoms with E-state index in [2.05, 4.69) is 6.58 Å². The average molecular weight is 293 g/mol. The molecule has 5 heteroatoms. The van der Waals surface area contributed by atoms with E-state index in [4.69, 9.17) is 0 Å². The first-order chi connectivity index (χ1) is 9.34. The second kappa shape index (κ2) is 5.50. The van der Waals surface area contributed by atoms with Gasteiger partial charge in [0.05, 0.1) is 10.9 Å². The number of nitrogens with zero attached hydrogens (tertiary/aromatic N) is 1. The monoisotopic (exact) mass is 293 g/mol. The van der Waals surface area contributed by atoms with E-state index in [0.29, 0.717) is 18.5 Å². The molecule has 1 aromatic rings. The van der Waals surface area contributed by atoms with E-state index in [0.717, 1.165) is 12.0 Å². The summed E-state index contributed by atoms with van der Waals surface area (Å²) in [6.07, 6.45) is 1.41. The third-order valence-electron chi connectivity index (χ3n) is 3.69. The second-order valence-corrected chi connectivity index (χ2v) is 7.06. The van der Waals surface area contributed by atoms with Crippen LogP contribution in [-0.2, 0) is 14.8 Å². The maximum absolute atomic E-state index is 12.7. The molecule has 0 bridgehead atoms. The Morgan fingerprint density at radius 3 is 2.45 bits per heavy atom. The standard InChI is InChI=1S/C15H19NO3S/c1-11-6-8-14(9-7-11)20(18,19)16-10-4-5-15(16)12(2)13(3)17/h6-9,15H,2,4-5,10H2,1,3H3/t15-/m0/s1. The molecule has 1 heterocycles. The van der Waals surface area contributed by atoms with Crippen LogP contribution < -0.4 is 0 Å². The molecule has 1 atom stereocenters. The van der Waals surface area contributed by atoms with E-state index >= 15 is 0 Å². The predicted molar refractivity (Wildman–Crippen MR) is 77.9 cm³/mol. The zero-order valence-corrected chi connectivity index (χ0v) is 12.6. The lowest BCUT2D eigenvalue weighted by atomic mass is 10.0. The molecule has 4 nitrogen and oxygen atoms in total. The number of hydrogen-bond donors (Lipinski definition) is 0. The van der Waals surface area contributed by atoms with Gasteiger partial charge in [-0.15, -0.1) is 0 Å². The molecule has 0 unspecified atom stereocenters. The maximum Gasteiger partial charge on any atom is 0.243 e. The quantitative estimate of drug-likeness (QED) is 0.800. The van der Waals surface area contributed by atoms with Crippen LogP contribution in [0.2, 0.25) is 0 Å². The lowest BCUT2D eigenvalue weighted by Gasteiger charge is -2.24. The van der Waals surface area contributed by atoms with Gasteiger partial charge in [0.25, 0.3) is 0 Å². The number of benzene rings is 1. The second-order valence-electron chi connectivity index (χ2n) is 5.17. The highest BCUT2D eigenvalue weighted by atomic mass is 32.2.